The molecule has 0 spiro atoms. The number of halogens is 2. The molecule has 2 amide bonds. The highest BCUT2D eigenvalue weighted by Crippen LogP contribution is 2.28. The van der Waals surface area contributed by atoms with Crippen LogP contribution in [0.25, 0.3) is 0 Å². The van der Waals surface area contributed by atoms with Crippen LogP contribution >= 0.6 is 23.2 Å². The number of amides is 2. The molecule has 8 nitrogen and oxygen atoms in total. The highest BCUT2D eigenvalue weighted by molar-refractivity contribution is 7.92. The lowest BCUT2D eigenvalue weighted by Gasteiger charge is -2.33. The van der Waals surface area contributed by atoms with Gasteiger partial charge in [0.15, 0.2) is 0 Å². The lowest BCUT2D eigenvalue weighted by Crippen LogP contribution is -2.53. The summed E-state index contributed by atoms with van der Waals surface area (Å²) in [4.78, 5) is 29.0. The van der Waals surface area contributed by atoms with E-state index in [0.717, 1.165) is 42.0 Å². The third kappa shape index (κ3) is 8.22. The van der Waals surface area contributed by atoms with Gasteiger partial charge in [0.25, 0.3) is 10.0 Å². The lowest BCUT2D eigenvalue weighted by molar-refractivity contribution is -0.139. The lowest BCUT2D eigenvalue weighted by atomic mass is 9.95. The van der Waals surface area contributed by atoms with Gasteiger partial charge in [-0.2, -0.15) is 0 Å². The number of carbonyl (C=O) groups is 2. The Morgan fingerprint density at radius 3 is 2.21 bits per heavy atom. The van der Waals surface area contributed by atoms with Gasteiger partial charge in [0.1, 0.15) is 18.3 Å². The Hall–Kier alpha value is -3.27. The van der Waals surface area contributed by atoms with Crippen LogP contribution in [-0.2, 0) is 26.2 Å². The van der Waals surface area contributed by atoms with Crippen LogP contribution < -0.4 is 14.4 Å². The van der Waals surface area contributed by atoms with Crippen LogP contribution in [0.5, 0.6) is 5.75 Å². The summed E-state index contributed by atoms with van der Waals surface area (Å²) in [6, 6.07) is 17.0. The first kappa shape index (κ1) is 32.6. The molecule has 0 aromatic heterocycles. The summed E-state index contributed by atoms with van der Waals surface area (Å²) >= 11 is 12.4. The van der Waals surface area contributed by atoms with Gasteiger partial charge in [0.2, 0.25) is 11.8 Å². The maximum absolute atomic E-state index is 14.1. The first-order chi connectivity index (χ1) is 20.5. The zero-order valence-electron chi connectivity index (χ0n) is 24.6. The van der Waals surface area contributed by atoms with E-state index in [1.165, 1.54) is 24.1 Å². The molecule has 43 heavy (non-hydrogen) atoms. The second-order valence-corrected chi connectivity index (χ2v) is 13.5. The number of sulfonamides is 1. The molecule has 11 heteroatoms. The monoisotopic (exact) mass is 645 g/mol. The smallest absolute Gasteiger partial charge is 0.264 e. The van der Waals surface area contributed by atoms with Gasteiger partial charge < -0.3 is 15.0 Å². The summed E-state index contributed by atoms with van der Waals surface area (Å²) in [6.07, 6.45) is 5.00. The summed E-state index contributed by atoms with van der Waals surface area (Å²) in [7, 11) is -2.69. The number of hydrogen-bond acceptors (Lipinski definition) is 5. The molecule has 0 bridgehead atoms. The van der Waals surface area contributed by atoms with Crippen LogP contribution in [0.4, 0.5) is 5.69 Å². The number of anilines is 1. The van der Waals surface area contributed by atoms with Crippen LogP contribution in [0.3, 0.4) is 0 Å². The molecule has 1 aliphatic carbocycles. The number of nitrogens with zero attached hydrogens (tertiary/aromatic N) is 2. The van der Waals surface area contributed by atoms with Gasteiger partial charge in [-0.25, -0.2) is 8.42 Å². The molecule has 0 aliphatic heterocycles. The molecule has 0 unspecified atom stereocenters. The molecule has 1 atom stereocenters. The van der Waals surface area contributed by atoms with Crippen molar-refractivity contribution in [1.29, 1.82) is 0 Å². The molecule has 1 fully saturated rings. The van der Waals surface area contributed by atoms with Crippen LogP contribution in [0.1, 0.15) is 50.2 Å². The number of ether oxygens (including phenoxy) is 1. The summed E-state index contributed by atoms with van der Waals surface area (Å²) < 4.78 is 34.2. The second-order valence-electron chi connectivity index (χ2n) is 10.8. The largest absolute Gasteiger partial charge is 0.497 e. The molecule has 230 valence electrons. The van der Waals surface area contributed by atoms with E-state index in [9.17, 15) is 18.0 Å². The minimum Gasteiger partial charge on any atom is -0.497 e. The number of aryl methyl sites for hydroxylation is 1. The molecule has 0 heterocycles. The Kier molecular flexibility index (Phi) is 11.0. The van der Waals surface area contributed by atoms with Gasteiger partial charge in [-0.05, 0) is 80.8 Å². The van der Waals surface area contributed by atoms with Crippen molar-refractivity contribution in [2.45, 2.75) is 69.5 Å². The fourth-order valence-corrected chi connectivity index (χ4v) is 6.84. The van der Waals surface area contributed by atoms with Crippen molar-refractivity contribution in [3.8, 4) is 5.75 Å². The highest BCUT2D eigenvalue weighted by atomic mass is 35.5. The van der Waals surface area contributed by atoms with Crippen molar-refractivity contribution in [2.24, 2.45) is 0 Å². The SMILES string of the molecule is COc1ccc(S(=O)(=O)N(CC(=O)N(Cc2ccc(Cl)c(Cl)c2)[C@@H](C)C(=O)NC2CCCCC2)c2ccc(C)cc2)cc1. The summed E-state index contributed by atoms with van der Waals surface area (Å²) in [5.74, 6) is -0.335. The van der Waals surface area contributed by atoms with Gasteiger partial charge in [-0.15, -0.1) is 0 Å². The van der Waals surface area contributed by atoms with Crippen molar-refractivity contribution in [3.63, 3.8) is 0 Å². The van der Waals surface area contributed by atoms with Crippen LogP contribution in [0.15, 0.2) is 71.6 Å². The topological polar surface area (TPSA) is 96.0 Å². The fourth-order valence-electron chi connectivity index (χ4n) is 5.10. The second kappa shape index (κ2) is 14.5. The molecule has 3 aromatic rings. The third-order valence-corrected chi connectivity index (χ3v) is 10.2. The van der Waals surface area contributed by atoms with Crippen molar-refractivity contribution >= 4 is 50.7 Å². The molecule has 0 saturated heterocycles. The van der Waals surface area contributed by atoms with Crippen LogP contribution in [-0.4, -0.2) is 50.9 Å². The minimum absolute atomic E-state index is 0.000739. The number of carbonyl (C=O) groups excluding carboxylic acids is 2. The van der Waals surface area contributed by atoms with Crippen molar-refractivity contribution in [2.75, 3.05) is 18.0 Å². The van der Waals surface area contributed by atoms with Gasteiger partial charge in [-0.3, -0.25) is 13.9 Å². The van der Waals surface area contributed by atoms with E-state index in [2.05, 4.69) is 5.32 Å². The Balaban J connectivity index is 1.68. The van der Waals surface area contributed by atoms with Crippen molar-refractivity contribution in [3.05, 3.63) is 87.9 Å². The molecule has 3 aromatic carbocycles. The van der Waals surface area contributed by atoms with E-state index >= 15 is 0 Å². The standard InChI is InChI=1S/C32H37Cl2N3O5S/c1-22-9-12-26(13-10-22)37(43(40,41)28-16-14-27(42-3)15-17-28)21-31(38)36(20-24-11-18-29(33)30(34)19-24)23(2)32(39)35-25-7-5-4-6-8-25/h9-19,23,25H,4-8,20-21H2,1-3H3,(H,35,39)/t23-/m0/s1. The Morgan fingerprint density at radius 1 is 0.953 bits per heavy atom. The number of hydrogen-bond donors (Lipinski definition) is 1. The van der Waals surface area contributed by atoms with Gasteiger partial charge in [0, 0.05) is 12.6 Å². The molecular weight excluding hydrogens is 609 g/mol. The van der Waals surface area contributed by atoms with E-state index in [-0.39, 0.29) is 23.4 Å². The molecule has 1 saturated carbocycles. The summed E-state index contributed by atoms with van der Waals surface area (Å²) in [6.45, 7) is 3.05. The summed E-state index contributed by atoms with van der Waals surface area (Å²) in [5, 5.41) is 3.77. The van der Waals surface area contributed by atoms with Crippen LogP contribution in [0.2, 0.25) is 10.0 Å². The molecular formula is C32H37Cl2N3O5S. The maximum atomic E-state index is 14.1. The van der Waals surface area contributed by atoms with E-state index < -0.39 is 28.5 Å². The van der Waals surface area contributed by atoms with E-state index in [1.807, 2.05) is 6.92 Å². The normalized spacial score (nSPS) is 14.5. The first-order valence-corrected chi connectivity index (χ1v) is 16.5. The van der Waals surface area contributed by atoms with Crippen molar-refractivity contribution < 1.29 is 22.7 Å². The number of nitrogens with one attached hydrogen (secondary N) is 1. The highest BCUT2D eigenvalue weighted by Gasteiger charge is 2.33. The Labute approximate surface area is 264 Å². The van der Waals surface area contributed by atoms with E-state index in [4.69, 9.17) is 27.9 Å². The average molecular weight is 647 g/mol. The maximum Gasteiger partial charge on any atom is 0.264 e. The third-order valence-electron chi connectivity index (χ3n) is 7.70. The summed E-state index contributed by atoms with van der Waals surface area (Å²) in [5.41, 5.74) is 1.91. The zero-order valence-corrected chi connectivity index (χ0v) is 26.9. The van der Waals surface area contributed by atoms with E-state index in [0.29, 0.717) is 27.0 Å². The minimum atomic E-state index is -4.18. The van der Waals surface area contributed by atoms with Crippen LogP contribution in [0, 0.1) is 6.92 Å². The number of rotatable bonds is 11. The molecule has 1 aliphatic rings. The predicted octanol–water partition coefficient (Wildman–Crippen LogP) is 6.37. The quantitative estimate of drug-likeness (QED) is 0.261. The molecule has 4 rings (SSSR count). The Bertz CT molecular complexity index is 1530. The predicted molar refractivity (Wildman–Crippen MR) is 170 cm³/mol. The van der Waals surface area contributed by atoms with Crippen molar-refractivity contribution in [1.82, 2.24) is 10.2 Å². The van der Waals surface area contributed by atoms with Gasteiger partial charge in [0.05, 0.1) is 27.7 Å². The molecule has 1 N–H and O–H groups in total. The van der Waals surface area contributed by atoms with Gasteiger partial charge >= 0.3 is 0 Å². The zero-order chi connectivity index (χ0) is 31.1. The number of benzene rings is 3. The number of methoxy groups -OCH3 is 1. The average Bonchev–Trinajstić information content (AvgIpc) is 3.01. The van der Waals surface area contributed by atoms with Gasteiger partial charge in [-0.1, -0.05) is 66.2 Å². The first-order valence-electron chi connectivity index (χ1n) is 14.3. The van der Waals surface area contributed by atoms with E-state index in [1.54, 1.807) is 61.5 Å². The Morgan fingerprint density at radius 2 is 1.60 bits per heavy atom. The molecule has 0 radical (unpaired) electrons. The fraction of sp³-hybridized carbons (Fsp3) is 0.375.